The van der Waals surface area contributed by atoms with E-state index in [9.17, 15) is 9.59 Å². The number of aliphatic carboxylic acids is 1. The van der Waals surface area contributed by atoms with Crippen LogP contribution in [0.4, 0.5) is 0 Å². The molecule has 3 rings (SSSR count). The van der Waals surface area contributed by atoms with Gasteiger partial charge < -0.3 is 24.2 Å². The van der Waals surface area contributed by atoms with Crippen molar-refractivity contribution >= 4 is 11.9 Å². The summed E-state index contributed by atoms with van der Waals surface area (Å²) >= 11 is 0. The SMILES string of the molecule is O=C(O)CC1COCCN1C(=O)c1ccc2c(c1)OCCCO2. The van der Waals surface area contributed by atoms with E-state index < -0.39 is 12.0 Å². The molecule has 1 amide bonds. The molecule has 1 aromatic carbocycles. The van der Waals surface area contributed by atoms with E-state index in [-0.39, 0.29) is 18.9 Å². The molecule has 23 heavy (non-hydrogen) atoms. The van der Waals surface area contributed by atoms with Crippen molar-refractivity contribution in [1.29, 1.82) is 0 Å². The molecule has 2 aliphatic rings. The van der Waals surface area contributed by atoms with Crippen LogP contribution in [0.5, 0.6) is 11.5 Å². The third-order valence-corrected chi connectivity index (χ3v) is 3.89. The summed E-state index contributed by atoms with van der Waals surface area (Å²) in [5.41, 5.74) is 0.464. The van der Waals surface area contributed by atoms with Gasteiger partial charge in [0.2, 0.25) is 0 Å². The van der Waals surface area contributed by atoms with Crippen molar-refractivity contribution in [3.05, 3.63) is 23.8 Å². The first kappa shape index (κ1) is 15.6. The highest BCUT2D eigenvalue weighted by Crippen LogP contribution is 2.31. The van der Waals surface area contributed by atoms with Gasteiger partial charge in [-0.1, -0.05) is 0 Å². The van der Waals surface area contributed by atoms with Crippen LogP contribution >= 0.6 is 0 Å². The molecule has 0 saturated carbocycles. The van der Waals surface area contributed by atoms with Crippen molar-refractivity contribution in [2.75, 3.05) is 33.0 Å². The van der Waals surface area contributed by atoms with Crippen LogP contribution in [0.25, 0.3) is 0 Å². The molecule has 7 heteroatoms. The molecule has 0 aliphatic carbocycles. The van der Waals surface area contributed by atoms with Crippen LogP contribution in [-0.2, 0) is 9.53 Å². The van der Waals surface area contributed by atoms with Crippen molar-refractivity contribution in [3.8, 4) is 11.5 Å². The Labute approximate surface area is 133 Å². The number of benzene rings is 1. The summed E-state index contributed by atoms with van der Waals surface area (Å²) in [6.07, 6.45) is 0.665. The normalized spacial score (nSPS) is 20.7. The van der Waals surface area contributed by atoms with Gasteiger partial charge in [-0.25, -0.2) is 0 Å². The Bertz CT molecular complexity index is 602. The molecule has 1 unspecified atom stereocenters. The highest BCUT2D eigenvalue weighted by Gasteiger charge is 2.30. The van der Waals surface area contributed by atoms with Gasteiger partial charge >= 0.3 is 5.97 Å². The highest BCUT2D eigenvalue weighted by atomic mass is 16.5. The van der Waals surface area contributed by atoms with E-state index in [0.717, 1.165) is 6.42 Å². The van der Waals surface area contributed by atoms with Crippen LogP contribution in [0.15, 0.2) is 18.2 Å². The molecule has 1 atom stereocenters. The lowest BCUT2D eigenvalue weighted by molar-refractivity contribution is -0.139. The largest absolute Gasteiger partial charge is 0.490 e. The number of hydrogen-bond donors (Lipinski definition) is 1. The molecule has 0 radical (unpaired) electrons. The maximum Gasteiger partial charge on any atom is 0.305 e. The Morgan fingerprint density at radius 1 is 1.17 bits per heavy atom. The van der Waals surface area contributed by atoms with Crippen LogP contribution in [0.1, 0.15) is 23.2 Å². The summed E-state index contributed by atoms with van der Waals surface area (Å²) in [6.45, 7) is 2.16. The maximum absolute atomic E-state index is 12.7. The highest BCUT2D eigenvalue weighted by molar-refractivity contribution is 5.95. The average Bonchev–Trinajstić information content (AvgIpc) is 2.78. The van der Waals surface area contributed by atoms with Crippen molar-refractivity contribution in [1.82, 2.24) is 4.90 Å². The van der Waals surface area contributed by atoms with Crippen LogP contribution in [0, 0.1) is 0 Å². The number of carboxylic acids is 1. The zero-order valence-electron chi connectivity index (χ0n) is 12.7. The molecule has 2 heterocycles. The second kappa shape index (κ2) is 6.87. The monoisotopic (exact) mass is 321 g/mol. The van der Waals surface area contributed by atoms with E-state index in [0.29, 0.717) is 43.4 Å². The number of hydrogen-bond acceptors (Lipinski definition) is 5. The van der Waals surface area contributed by atoms with Gasteiger partial charge in [-0.2, -0.15) is 0 Å². The van der Waals surface area contributed by atoms with Gasteiger partial charge in [0.05, 0.1) is 38.9 Å². The molecule has 0 spiro atoms. The van der Waals surface area contributed by atoms with E-state index in [2.05, 4.69) is 0 Å². The number of morpholine rings is 1. The first-order valence-electron chi connectivity index (χ1n) is 7.65. The molecule has 124 valence electrons. The van der Waals surface area contributed by atoms with Crippen LogP contribution in [0.2, 0.25) is 0 Å². The summed E-state index contributed by atoms with van der Waals surface area (Å²) in [6, 6.07) is 4.62. The van der Waals surface area contributed by atoms with Gasteiger partial charge in [0.15, 0.2) is 11.5 Å². The number of nitrogens with zero attached hydrogens (tertiary/aromatic N) is 1. The maximum atomic E-state index is 12.7. The average molecular weight is 321 g/mol. The van der Waals surface area contributed by atoms with Gasteiger partial charge in [0, 0.05) is 18.5 Å². The number of rotatable bonds is 3. The smallest absolute Gasteiger partial charge is 0.305 e. The summed E-state index contributed by atoms with van der Waals surface area (Å²) < 4.78 is 16.5. The molecular weight excluding hydrogens is 302 g/mol. The molecule has 1 aromatic rings. The van der Waals surface area contributed by atoms with Crippen LogP contribution in [-0.4, -0.2) is 60.9 Å². The number of carbonyl (C=O) groups excluding carboxylic acids is 1. The minimum atomic E-state index is -0.947. The zero-order chi connectivity index (χ0) is 16.2. The first-order chi connectivity index (χ1) is 11.1. The van der Waals surface area contributed by atoms with Gasteiger partial charge in [0.1, 0.15) is 0 Å². The topological polar surface area (TPSA) is 85.3 Å². The third-order valence-electron chi connectivity index (χ3n) is 3.89. The number of fused-ring (bicyclic) bond motifs is 1. The van der Waals surface area contributed by atoms with Gasteiger partial charge in [-0.3, -0.25) is 9.59 Å². The summed E-state index contributed by atoms with van der Waals surface area (Å²) in [5.74, 6) is 0.0201. The summed E-state index contributed by atoms with van der Waals surface area (Å²) in [5, 5.41) is 9.00. The first-order valence-corrected chi connectivity index (χ1v) is 7.65. The number of ether oxygens (including phenoxy) is 3. The Balaban J connectivity index is 1.81. The molecule has 1 N–H and O–H groups in total. The lowest BCUT2D eigenvalue weighted by Crippen LogP contribution is -2.49. The van der Waals surface area contributed by atoms with Gasteiger partial charge in [0.25, 0.3) is 5.91 Å². The van der Waals surface area contributed by atoms with E-state index >= 15 is 0 Å². The molecule has 0 bridgehead atoms. The van der Waals surface area contributed by atoms with Crippen LogP contribution in [0.3, 0.4) is 0 Å². The standard InChI is InChI=1S/C16H19NO6/c18-15(19)9-12-10-21-7-4-17(12)16(20)11-2-3-13-14(8-11)23-6-1-5-22-13/h2-3,8,12H,1,4-7,9-10H2,(H,18,19). The Hall–Kier alpha value is -2.28. The number of amides is 1. The fourth-order valence-electron chi connectivity index (χ4n) is 2.76. The molecule has 1 fully saturated rings. The zero-order valence-corrected chi connectivity index (χ0v) is 12.7. The predicted molar refractivity (Wildman–Crippen MR) is 79.9 cm³/mol. The third kappa shape index (κ3) is 3.56. The molecule has 7 nitrogen and oxygen atoms in total. The summed E-state index contributed by atoms with van der Waals surface area (Å²) in [4.78, 5) is 25.3. The summed E-state index contributed by atoms with van der Waals surface area (Å²) in [7, 11) is 0. The van der Waals surface area contributed by atoms with Crippen molar-refractivity contribution in [3.63, 3.8) is 0 Å². The van der Waals surface area contributed by atoms with Crippen molar-refractivity contribution in [2.45, 2.75) is 18.9 Å². The molecule has 2 aliphatic heterocycles. The fraction of sp³-hybridized carbons (Fsp3) is 0.500. The minimum Gasteiger partial charge on any atom is -0.490 e. The van der Waals surface area contributed by atoms with E-state index in [1.165, 1.54) is 0 Å². The number of carboxylic acid groups (broad SMARTS) is 1. The Kier molecular flexibility index (Phi) is 4.66. The fourth-order valence-corrected chi connectivity index (χ4v) is 2.76. The lowest BCUT2D eigenvalue weighted by Gasteiger charge is -2.35. The number of carbonyl (C=O) groups is 2. The van der Waals surface area contributed by atoms with Gasteiger partial charge in [-0.05, 0) is 18.2 Å². The molecular formula is C16H19NO6. The second-order valence-electron chi connectivity index (χ2n) is 5.54. The minimum absolute atomic E-state index is 0.129. The quantitative estimate of drug-likeness (QED) is 0.899. The van der Waals surface area contributed by atoms with E-state index in [1.807, 2.05) is 0 Å². The Morgan fingerprint density at radius 3 is 2.74 bits per heavy atom. The van der Waals surface area contributed by atoms with Crippen molar-refractivity contribution < 1.29 is 28.9 Å². The van der Waals surface area contributed by atoms with Crippen LogP contribution < -0.4 is 9.47 Å². The van der Waals surface area contributed by atoms with Gasteiger partial charge in [-0.15, -0.1) is 0 Å². The lowest BCUT2D eigenvalue weighted by atomic mass is 10.1. The predicted octanol–water partition coefficient (Wildman–Crippen LogP) is 1.16. The van der Waals surface area contributed by atoms with Crippen molar-refractivity contribution in [2.24, 2.45) is 0 Å². The Morgan fingerprint density at radius 2 is 1.96 bits per heavy atom. The van der Waals surface area contributed by atoms with E-state index in [4.69, 9.17) is 19.3 Å². The molecule has 0 aromatic heterocycles. The second-order valence-corrected chi connectivity index (χ2v) is 5.54. The molecule has 1 saturated heterocycles. The van der Waals surface area contributed by atoms with E-state index in [1.54, 1.807) is 23.1 Å².